The van der Waals surface area contributed by atoms with Gasteiger partial charge in [-0.25, -0.2) is 9.55 Å². The summed E-state index contributed by atoms with van der Waals surface area (Å²) >= 11 is 0. The highest BCUT2D eigenvalue weighted by molar-refractivity contribution is 7.47. The fraction of sp³-hybridized carbons (Fsp3) is 0.629. The predicted molar refractivity (Wildman–Crippen MR) is 334 cm³/mol. The lowest BCUT2D eigenvalue weighted by Crippen LogP contribution is -2.56. The predicted octanol–water partition coefficient (Wildman–Crippen LogP) is 3.16. The molecule has 8 bridgehead atoms. The average molecular weight is 1270 g/mol. The van der Waals surface area contributed by atoms with Gasteiger partial charge in [-0.1, -0.05) is 34.6 Å². The van der Waals surface area contributed by atoms with Crippen LogP contribution in [0.4, 0.5) is 0 Å². The van der Waals surface area contributed by atoms with Gasteiger partial charge in [0.05, 0.1) is 41.7 Å². The van der Waals surface area contributed by atoms with Gasteiger partial charge in [-0.15, -0.1) is 0 Å². The zero-order chi connectivity index (χ0) is 66.7. The minimum absolute atomic E-state index is 0.0114. The number of aliphatic hydroxyl groups excluding tert-OH is 2. The summed E-state index contributed by atoms with van der Waals surface area (Å²) < 4.78 is 32.3. The van der Waals surface area contributed by atoms with E-state index < -0.39 is 143 Å². The number of primary amides is 6. The van der Waals surface area contributed by atoms with Crippen LogP contribution in [0.25, 0.3) is 11.0 Å². The Morgan fingerprint density at radius 3 is 1.99 bits per heavy atom. The first-order valence-electron chi connectivity index (χ1n) is 30.6. The standard InChI is InChI=1S/C62H90N13O14P/c1-29-20-39-40(21-30(29)2)75(28-70-39)57-52(84)53(41(27-76)87-57)89-90(85,86)88-31(3)26-69-49(83)18-19-59(8)37(22-46(66)80)56-62(11)61(10,25-48(68)82)36(14-17-45(65)79)51(74-62)33(5)55-60(9,24-47(67)81)34(12-15-43(63)77)38(71-55)23-42-58(6,7)35(13-16-44(64)78)50(72-42)32(4)54(59)73-56/h20-21,23,28,31,34-37,41,52-53,56-57,71,76,84H,12-19,22,24-27H2,1-11H3,(H2,63,77)(H2,64,78)(H2,65,79)(H2,66,80)(H2,67,81)(H2,68,82)(H,69,83)(H,85,86)/b38-23?,50-32?,55-33-/t31?,34?,35?,36?,37?,41-,52?,53?,56?,57+,59?,60?,61?,62?/m1/s1. The molecular formula is C62H90N13O14P. The number of imidazole rings is 1. The summed E-state index contributed by atoms with van der Waals surface area (Å²) in [6.45, 7) is 19.3. The first-order chi connectivity index (χ1) is 41.8. The van der Waals surface area contributed by atoms with Gasteiger partial charge in [0.2, 0.25) is 41.4 Å². The summed E-state index contributed by atoms with van der Waals surface area (Å²) in [7, 11) is -5.07. The number of allylic oxidation sites excluding steroid dienone is 6. The number of carbonyl (C=O) groups is 7. The maximum Gasteiger partial charge on any atom is 0.472 e. The first kappa shape index (κ1) is 68.9. The Morgan fingerprint density at radius 1 is 0.800 bits per heavy atom. The van der Waals surface area contributed by atoms with E-state index in [1.54, 1.807) is 4.57 Å². The largest absolute Gasteiger partial charge is 0.472 e. The van der Waals surface area contributed by atoms with Crippen LogP contribution in [0.2, 0.25) is 0 Å². The van der Waals surface area contributed by atoms with Crippen molar-refractivity contribution >= 4 is 77.3 Å². The number of hydrogen-bond acceptors (Lipinski definition) is 18. The third-order valence-corrected chi connectivity index (χ3v) is 21.7. The molecule has 0 aliphatic carbocycles. The number of rotatable bonds is 26. The third kappa shape index (κ3) is 13.0. The van der Waals surface area contributed by atoms with Gasteiger partial charge >= 0.3 is 7.82 Å². The second kappa shape index (κ2) is 25.6. The van der Waals surface area contributed by atoms with Crippen LogP contribution in [0.3, 0.4) is 0 Å². The molecule has 17 N–H and O–H groups in total. The second-order valence-corrected chi connectivity index (χ2v) is 28.4. The van der Waals surface area contributed by atoms with Crippen molar-refractivity contribution in [3.63, 3.8) is 0 Å². The molecule has 0 saturated carbocycles. The van der Waals surface area contributed by atoms with Gasteiger partial charge in [-0.05, 0) is 108 Å². The van der Waals surface area contributed by atoms with Crippen LogP contribution < -0.4 is 45.0 Å². The SMILES string of the molecule is CC1=C2N=C(C=C3N/C(=C(/C)C4=NC(C)(C5N=C1C(C)(CCC(=O)NCC(C)OP(=O)(O)OC1C(O)[C@@H](n6cnc7cc(C)c(C)cc76)O[C@@H]1CO)C5CC(N)=O)C(C)(CC(N)=O)C4CCC(N)=O)C(C)(CC(N)=O)C3CCC(N)=O)C(C)(C)C2CCC(N)=O. The Hall–Kier alpha value is -7.00. The van der Waals surface area contributed by atoms with E-state index in [1.807, 2.05) is 87.4 Å². The number of phosphoric ester groups is 1. The molecule has 2 aromatic rings. The molecule has 6 aliphatic heterocycles. The molecule has 492 valence electrons. The maximum atomic E-state index is 14.4. The molecule has 0 radical (unpaired) electrons. The van der Waals surface area contributed by atoms with Crippen molar-refractivity contribution in [1.82, 2.24) is 20.2 Å². The first-order valence-corrected chi connectivity index (χ1v) is 32.1. The van der Waals surface area contributed by atoms with Crippen LogP contribution in [0, 0.1) is 59.2 Å². The van der Waals surface area contributed by atoms with Gasteiger partial charge in [0.1, 0.15) is 18.3 Å². The van der Waals surface area contributed by atoms with E-state index in [-0.39, 0.29) is 77.2 Å². The minimum atomic E-state index is -5.07. The van der Waals surface area contributed by atoms with E-state index in [0.717, 1.165) is 11.1 Å². The van der Waals surface area contributed by atoms with Crippen LogP contribution in [0.1, 0.15) is 150 Å². The summed E-state index contributed by atoms with van der Waals surface area (Å²) in [5.74, 6) is -7.18. The number of fused-ring (bicyclic) bond motifs is 7. The Labute approximate surface area is 523 Å². The molecule has 0 spiro atoms. The number of aliphatic hydroxyl groups is 2. The molecule has 28 heteroatoms. The molecule has 6 aliphatic rings. The summed E-state index contributed by atoms with van der Waals surface area (Å²) in [6, 6.07) is 2.70. The average Bonchev–Trinajstić information content (AvgIpc) is 1.53. The highest BCUT2D eigenvalue weighted by atomic mass is 31.2. The number of aromatic nitrogens is 2. The Balaban J connectivity index is 1.19. The maximum absolute atomic E-state index is 14.4. The van der Waals surface area contributed by atoms with Gasteiger partial charge in [0.25, 0.3) is 0 Å². The number of benzene rings is 1. The second-order valence-electron chi connectivity index (χ2n) is 27.1. The third-order valence-electron chi connectivity index (χ3n) is 20.6. The zero-order valence-corrected chi connectivity index (χ0v) is 54.1. The van der Waals surface area contributed by atoms with E-state index in [4.69, 9.17) is 63.2 Å². The fourth-order valence-corrected chi connectivity index (χ4v) is 16.6. The van der Waals surface area contributed by atoms with Gasteiger partial charge in [-0.3, -0.25) is 57.6 Å². The van der Waals surface area contributed by atoms with E-state index >= 15 is 0 Å². The Kier molecular flexibility index (Phi) is 19.6. The number of aryl methyl sites for hydroxylation is 2. The van der Waals surface area contributed by atoms with Gasteiger partial charge in [0, 0.05) is 131 Å². The lowest BCUT2D eigenvalue weighted by atomic mass is 9.55. The Bertz CT molecular complexity index is 3540. The van der Waals surface area contributed by atoms with E-state index in [0.29, 0.717) is 56.4 Å². The molecule has 7 heterocycles. The summed E-state index contributed by atoms with van der Waals surface area (Å²) in [5, 5.41) is 28.2. The van der Waals surface area contributed by atoms with Crippen molar-refractivity contribution < 1.29 is 67.0 Å². The van der Waals surface area contributed by atoms with Crippen LogP contribution in [-0.2, 0) is 51.9 Å². The highest BCUT2D eigenvalue weighted by Gasteiger charge is 2.66. The van der Waals surface area contributed by atoms with E-state index in [1.165, 1.54) is 13.3 Å². The van der Waals surface area contributed by atoms with Gasteiger partial charge < -0.3 is 69.4 Å². The number of ether oxygens (including phenoxy) is 1. The molecule has 13 unspecified atom stereocenters. The van der Waals surface area contributed by atoms with E-state index in [2.05, 4.69) is 15.6 Å². The lowest BCUT2D eigenvalue weighted by Gasteiger charge is -2.48. The summed E-state index contributed by atoms with van der Waals surface area (Å²) in [4.78, 5) is 126. The molecule has 90 heavy (non-hydrogen) atoms. The van der Waals surface area contributed by atoms with Gasteiger partial charge in [-0.2, -0.15) is 0 Å². The minimum Gasteiger partial charge on any atom is -0.394 e. The molecule has 1 aromatic heterocycles. The normalized spacial score (nSPS) is 32.8. The van der Waals surface area contributed by atoms with Crippen molar-refractivity contribution in [3.8, 4) is 0 Å². The number of nitrogens with one attached hydrogen (secondary N) is 2. The molecule has 15 atom stereocenters. The molecule has 2 fully saturated rings. The smallest absolute Gasteiger partial charge is 0.394 e. The molecule has 1 aromatic carbocycles. The van der Waals surface area contributed by atoms with Gasteiger partial charge in [0.15, 0.2) is 6.23 Å². The number of carbonyl (C=O) groups excluding carboxylic acids is 7. The summed E-state index contributed by atoms with van der Waals surface area (Å²) in [6.07, 6.45) is -4.26. The van der Waals surface area contributed by atoms with Crippen molar-refractivity contribution in [2.45, 2.75) is 189 Å². The van der Waals surface area contributed by atoms with Crippen LogP contribution in [0.15, 0.2) is 67.8 Å². The molecular weight excluding hydrogens is 1180 g/mol. The van der Waals surface area contributed by atoms with E-state index in [9.17, 15) is 53.2 Å². The Morgan fingerprint density at radius 2 is 1.40 bits per heavy atom. The number of nitrogens with two attached hydrogens (primary N) is 6. The molecule has 8 rings (SSSR count). The lowest BCUT2D eigenvalue weighted by molar-refractivity contribution is -0.124. The van der Waals surface area contributed by atoms with Crippen molar-refractivity contribution in [2.75, 3.05) is 13.2 Å². The molecule has 27 nitrogen and oxygen atoms in total. The van der Waals surface area contributed by atoms with Crippen molar-refractivity contribution in [3.05, 3.63) is 63.9 Å². The fourth-order valence-electron chi connectivity index (χ4n) is 15.4. The van der Waals surface area contributed by atoms with Crippen LogP contribution >= 0.6 is 7.82 Å². The molecule has 2 saturated heterocycles. The van der Waals surface area contributed by atoms with Crippen LogP contribution in [0.5, 0.6) is 0 Å². The number of amides is 7. The number of phosphoric acid groups is 1. The number of aliphatic imine (C=N–C) groups is 3. The number of hydrogen-bond donors (Lipinski definition) is 11. The van der Waals surface area contributed by atoms with Crippen LogP contribution in [-0.4, -0.2) is 132 Å². The highest BCUT2D eigenvalue weighted by Crippen LogP contribution is 2.63. The quantitative estimate of drug-likeness (QED) is 0.0603. The molecule has 7 amide bonds. The monoisotopic (exact) mass is 1270 g/mol. The zero-order valence-electron chi connectivity index (χ0n) is 53.3. The van der Waals surface area contributed by atoms with Crippen molar-refractivity contribution in [1.29, 1.82) is 0 Å². The number of nitrogens with zero attached hydrogens (tertiary/aromatic N) is 5. The van der Waals surface area contributed by atoms with Crippen molar-refractivity contribution in [2.24, 2.45) is 94.7 Å². The topological polar surface area (TPSA) is 460 Å². The summed E-state index contributed by atoms with van der Waals surface area (Å²) in [5.41, 5.74) is 37.4.